The zero-order valence-electron chi connectivity index (χ0n) is 11.4. The molecule has 0 spiro atoms. The number of rotatable bonds is 3. The normalized spacial score (nSPS) is 20.8. The quantitative estimate of drug-likeness (QED) is 0.895. The molecule has 2 rings (SSSR count). The highest BCUT2D eigenvalue weighted by molar-refractivity contribution is 5.92. The molecule has 1 aromatic heterocycles. The summed E-state index contributed by atoms with van der Waals surface area (Å²) in [5.41, 5.74) is 1.64. The summed E-state index contributed by atoms with van der Waals surface area (Å²) in [6, 6.07) is 1.90. The number of amides is 1. The van der Waals surface area contributed by atoms with Gasteiger partial charge in [-0.3, -0.25) is 9.89 Å². The first kappa shape index (κ1) is 13.1. The lowest BCUT2D eigenvalue weighted by atomic mass is 10.0. The van der Waals surface area contributed by atoms with E-state index in [1.54, 1.807) is 0 Å². The number of likely N-dealkylation sites (tertiary alicyclic amines) is 1. The summed E-state index contributed by atoms with van der Waals surface area (Å²) >= 11 is 0. The van der Waals surface area contributed by atoms with Gasteiger partial charge in [0.25, 0.3) is 5.91 Å². The van der Waals surface area contributed by atoms with Crippen molar-refractivity contribution in [3.05, 3.63) is 17.5 Å². The van der Waals surface area contributed by atoms with Gasteiger partial charge in [-0.1, -0.05) is 20.3 Å². The number of aromatic nitrogens is 2. The van der Waals surface area contributed by atoms with Crippen LogP contribution in [0.1, 0.15) is 55.7 Å². The predicted octanol–water partition coefficient (Wildman–Crippen LogP) is 2.62. The molecule has 4 nitrogen and oxygen atoms in total. The molecule has 1 aliphatic heterocycles. The zero-order valence-corrected chi connectivity index (χ0v) is 11.4. The van der Waals surface area contributed by atoms with Crippen LogP contribution in [0.4, 0.5) is 0 Å². The number of nitrogens with one attached hydrogen (secondary N) is 1. The van der Waals surface area contributed by atoms with Crippen molar-refractivity contribution in [2.24, 2.45) is 5.92 Å². The summed E-state index contributed by atoms with van der Waals surface area (Å²) in [6.07, 6.45) is 5.47. The Morgan fingerprint density at radius 2 is 2.33 bits per heavy atom. The molecule has 1 saturated heterocycles. The number of aryl methyl sites for hydroxylation is 1. The number of hydrogen-bond acceptors (Lipinski definition) is 2. The topological polar surface area (TPSA) is 49.0 Å². The van der Waals surface area contributed by atoms with Gasteiger partial charge in [-0.2, -0.15) is 5.10 Å². The van der Waals surface area contributed by atoms with E-state index in [1.807, 2.05) is 11.0 Å². The maximum atomic E-state index is 12.3. The molecule has 1 aromatic rings. The molecule has 0 unspecified atom stereocenters. The van der Waals surface area contributed by atoms with Crippen LogP contribution in [0.25, 0.3) is 0 Å². The van der Waals surface area contributed by atoms with E-state index in [9.17, 15) is 4.79 Å². The highest BCUT2D eigenvalue weighted by atomic mass is 16.2. The Labute approximate surface area is 109 Å². The van der Waals surface area contributed by atoms with E-state index >= 15 is 0 Å². The van der Waals surface area contributed by atoms with Gasteiger partial charge in [-0.25, -0.2) is 0 Å². The first-order valence-electron chi connectivity index (χ1n) is 7.04. The van der Waals surface area contributed by atoms with Gasteiger partial charge in [-0.05, 0) is 37.7 Å². The van der Waals surface area contributed by atoms with Gasteiger partial charge in [-0.15, -0.1) is 0 Å². The number of carbonyl (C=O) groups excluding carboxylic acids is 1. The maximum absolute atomic E-state index is 12.3. The third-order valence-corrected chi connectivity index (χ3v) is 3.67. The van der Waals surface area contributed by atoms with Crippen LogP contribution in [-0.2, 0) is 6.42 Å². The Balaban J connectivity index is 2.00. The monoisotopic (exact) mass is 249 g/mol. The van der Waals surface area contributed by atoms with Crippen molar-refractivity contribution >= 4 is 5.91 Å². The molecular weight excluding hydrogens is 226 g/mol. The van der Waals surface area contributed by atoms with Crippen molar-refractivity contribution < 1.29 is 4.79 Å². The van der Waals surface area contributed by atoms with Gasteiger partial charge in [0.1, 0.15) is 5.69 Å². The molecule has 18 heavy (non-hydrogen) atoms. The molecule has 100 valence electrons. The van der Waals surface area contributed by atoms with Gasteiger partial charge in [0.05, 0.1) is 0 Å². The lowest BCUT2D eigenvalue weighted by Crippen LogP contribution is -2.32. The second kappa shape index (κ2) is 6.03. The van der Waals surface area contributed by atoms with E-state index in [1.165, 1.54) is 6.42 Å². The zero-order chi connectivity index (χ0) is 13.0. The summed E-state index contributed by atoms with van der Waals surface area (Å²) < 4.78 is 0. The van der Waals surface area contributed by atoms with E-state index in [2.05, 4.69) is 24.0 Å². The summed E-state index contributed by atoms with van der Waals surface area (Å²) in [6.45, 7) is 6.13. The maximum Gasteiger partial charge on any atom is 0.274 e. The minimum atomic E-state index is 0.0858. The average Bonchev–Trinajstić information content (AvgIpc) is 2.71. The second-order valence-corrected chi connectivity index (χ2v) is 5.36. The predicted molar refractivity (Wildman–Crippen MR) is 71.5 cm³/mol. The van der Waals surface area contributed by atoms with E-state index in [0.717, 1.165) is 50.4 Å². The highest BCUT2D eigenvalue weighted by Crippen LogP contribution is 2.18. The van der Waals surface area contributed by atoms with Crippen molar-refractivity contribution in [1.29, 1.82) is 0 Å². The van der Waals surface area contributed by atoms with Crippen LogP contribution in [0.5, 0.6) is 0 Å². The fraction of sp³-hybridized carbons (Fsp3) is 0.714. The summed E-state index contributed by atoms with van der Waals surface area (Å²) in [5.74, 6) is 0.820. The van der Waals surface area contributed by atoms with E-state index in [4.69, 9.17) is 0 Å². The summed E-state index contributed by atoms with van der Waals surface area (Å²) in [7, 11) is 0. The Morgan fingerprint density at radius 1 is 1.50 bits per heavy atom. The largest absolute Gasteiger partial charge is 0.337 e. The lowest BCUT2D eigenvalue weighted by Gasteiger charge is -2.18. The molecular formula is C14H23N3O. The van der Waals surface area contributed by atoms with E-state index in [0.29, 0.717) is 5.69 Å². The van der Waals surface area contributed by atoms with Crippen molar-refractivity contribution in [2.75, 3.05) is 13.1 Å². The minimum Gasteiger partial charge on any atom is -0.337 e. The van der Waals surface area contributed by atoms with Crippen LogP contribution >= 0.6 is 0 Å². The number of hydrogen-bond donors (Lipinski definition) is 1. The smallest absolute Gasteiger partial charge is 0.274 e. The van der Waals surface area contributed by atoms with Gasteiger partial charge in [0.15, 0.2) is 0 Å². The molecule has 1 aliphatic rings. The Morgan fingerprint density at radius 3 is 3.11 bits per heavy atom. The van der Waals surface area contributed by atoms with Crippen LogP contribution in [-0.4, -0.2) is 34.1 Å². The molecule has 1 amide bonds. The minimum absolute atomic E-state index is 0.0858. The first-order chi connectivity index (χ1) is 8.70. The molecule has 0 radical (unpaired) electrons. The van der Waals surface area contributed by atoms with Gasteiger partial charge >= 0.3 is 0 Å². The molecule has 0 saturated carbocycles. The van der Waals surface area contributed by atoms with Crippen molar-refractivity contribution in [3.63, 3.8) is 0 Å². The van der Waals surface area contributed by atoms with Crippen LogP contribution in [0.3, 0.4) is 0 Å². The summed E-state index contributed by atoms with van der Waals surface area (Å²) in [5, 5.41) is 7.10. The third kappa shape index (κ3) is 3.12. The number of aromatic amines is 1. The molecule has 1 N–H and O–H groups in total. The fourth-order valence-corrected chi connectivity index (χ4v) is 2.50. The number of H-pyrrole nitrogens is 1. The van der Waals surface area contributed by atoms with Gasteiger partial charge < -0.3 is 4.90 Å². The van der Waals surface area contributed by atoms with E-state index < -0.39 is 0 Å². The molecule has 0 aromatic carbocycles. The van der Waals surface area contributed by atoms with Gasteiger partial charge in [0.2, 0.25) is 0 Å². The molecule has 2 heterocycles. The van der Waals surface area contributed by atoms with E-state index in [-0.39, 0.29) is 5.91 Å². The SMILES string of the molecule is CCCc1cc(C(=O)N2CCC[C@@H](C)CC2)n[nH]1. The standard InChI is InChI=1S/C14H23N3O/c1-3-5-12-10-13(16-15-12)14(18)17-8-4-6-11(2)7-9-17/h10-11H,3-9H2,1-2H3,(H,15,16)/t11-/m1/s1. The van der Waals surface area contributed by atoms with Gasteiger partial charge in [0, 0.05) is 18.8 Å². The number of carbonyl (C=O) groups is 1. The Bertz CT molecular complexity index is 399. The molecule has 4 heteroatoms. The Kier molecular flexibility index (Phi) is 4.39. The Hall–Kier alpha value is -1.32. The van der Waals surface area contributed by atoms with Crippen molar-refractivity contribution in [2.45, 2.75) is 46.0 Å². The average molecular weight is 249 g/mol. The third-order valence-electron chi connectivity index (χ3n) is 3.67. The molecule has 0 aliphatic carbocycles. The molecule has 0 bridgehead atoms. The van der Waals surface area contributed by atoms with Crippen LogP contribution in [0.2, 0.25) is 0 Å². The fourth-order valence-electron chi connectivity index (χ4n) is 2.50. The lowest BCUT2D eigenvalue weighted by molar-refractivity contribution is 0.0754. The molecule has 1 fully saturated rings. The van der Waals surface area contributed by atoms with Crippen LogP contribution in [0.15, 0.2) is 6.07 Å². The number of nitrogens with zero attached hydrogens (tertiary/aromatic N) is 2. The van der Waals surface area contributed by atoms with Crippen molar-refractivity contribution in [1.82, 2.24) is 15.1 Å². The second-order valence-electron chi connectivity index (χ2n) is 5.36. The van der Waals surface area contributed by atoms with Crippen molar-refractivity contribution in [3.8, 4) is 0 Å². The summed E-state index contributed by atoms with van der Waals surface area (Å²) in [4.78, 5) is 14.3. The highest BCUT2D eigenvalue weighted by Gasteiger charge is 2.21. The van der Waals surface area contributed by atoms with Crippen LogP contribution < -0.4 is 0 Å². The molecule has 1 atom stereocenters. The first-order valence-corrected chi connectivity index (χ1v) is 7.04. The van der Waals surface area contributed by atoms with Crippen LogP contribution in [0, 0.1) is 5.92 Å².